The molecule has 0 N–H and O–H groups in total. The average Bonchev–Trinajstić information content (AvgIpc) is 3.14. The van der Waals surface area contributed by atoms with Crippen molar-refractivity contribution in [2.45, 2.75) is 0 Å². The second kappa shape index (κ2) is 6.73. The van der Waals surface area contributed by atoms with Crippen molar-refractivity contribution >= 4 is 17.1 Å². The van der Waals surface area contributed by atoms with Gasteiger partial charge in [0.1, 0.15) is 5.75 Å². The molecule has 0 amide bonds. The number of ether oxygens (including phenoxy) is 1. The first-order valence-electron chi connectivity index (χ1n) is 8.36. The smallest absolute Gasteiger partial charge is 0.142 e. The molecule has 0 fully saturated rings. The van der Waals surface area contributed by atoms with Gasteiger partial charge in [-0.1, -0.05) is 60.7 Å². The van der Waals surface area contributed by atoms with Gasteiger partial charge in [0.05, 0.1) is 25.2 Å². The van der Waals surface area contributed by atoms with E-state index in [-0.39, 0.29) is 0 Å². The van der Waals surface area contributed by atoms with E-state index in [1.165, 1.54) is 16.9 Å². The van der Waals surface area contributed by atoms with Gasteiger partial charge in [-0.2, -0.15) is 0 Å². The number of hydrogen-bond acceptors (Lipinski definition) is 3. The molecule has 4 rings (SSSR count). The minimum atomic E-state index is 0.745. The van der Waals surface area contributed by atoms with Crippen molar-refractivity contribution in [3.63, 3.8) is 0 Å². The molecule has 0 aliphatic carbocycles. The second-order valence-electron chi connectivity index (χ2n) is 5.93. The Morgan fingerprint density at radius 3 is 2.12 bits per heavy atom. The molecule has 3 aromatic rings. The molecule has 0 bridgehead atoms. The van der Waals surface area contributed by atoms with E-state index in [9.17, 15) is 0 Å². The van der Waals surface area contributed by atoms with Gasteiger partial charge in [0.15, 0.2) is 0 Å². The molecule has 0 saturated heterocycles. The van der Waals surface area contributed by atoms with Crippen LogP contribution in [0.1, 0.15) is 5.56 Å². The van der Waals surface area contributed by atoms with Gasteiger partial charge in [-0.25, -0.2) is 0 Å². The van der Waals surface area contributed by atoms with E-state index in [1.807, 2.05) is 30.3 Å². The van der Waals surface area contributed by atoms with Crippen LogP contribution in [0.3, 0.4) is 0 Å². The SMILES string of the molecule is COc1ccccc1N1C=C(c2ccccc2)N(c2ccccc2)C1. The number of hydrogen-bond donors (Lipinski definition) is 0. The van der Waals surface area contributed by atoms with Crippen LogP contribution < -0.4 is 14.5 Å². The normalized spacial score (nSPS) is 13.7. The molecule has 0 saturated carbocycles. The number of benzene rings is 3. The van der Waals surface area contributed by atoms with Gasteiger partial charge < -0.3 is 14.5 Å². The van der Waals surface area contributed by atoms with Gasteiger partial charge in [-0.15, -0.1) is 0 Å². The van der Waals surface area contributed by atoms with Crippen molar-refractivity contribution in [3.8, 4) is 5.75 Å². The van der Waals surface area contributed by atoms with Crippen molar-refractivity contribution in [2.24, 2.45) is 0 Å². The molecule has 124 valence electrons. The van der Waals surface area contributed by atoms with Crippen LogP contribution in [0.25, 0.3) is 5.70 Å². The maximum atomic E-state index is 5.55. The fourth-order valence-corrected chi connectivity index (χ4v) is 3.17. The summed E-state index contributed by atoms with van der Waals surface area (Å²) in [5.74, 6) is 0.876. The fraction of sp³-hybridized carbons (Fsp3) is 0.0909. The summed E-state index contributed by atoms with van der Waals surface area (Å²) >= 11 is 0. The Bertz CT molecular complexity index is 875. The van der Waals surface area contributed by atoms with Crippen LogP contribution >= 0.6 is 0 Å². The summed E-state index contributed by atoms with van der Waals surface area (Å²) in [7, 11) is 1.71. The summed E-state index contributed by atoms with van der Waals surface area (Å²) in [6.07, 6.45) is 2.19. The second-order valence-corrected chi connectivity index (χ2v) is 5.93. The first-order chi connectivity index (χ1) is 12.4. The van der Waals surface area contributed by atoms with E-state index in [0.29, 0.717) is 0 Å². The lowest BCUT2D eigenvalue weighted by molar-refractivity contribution is 0.415. The molecular weight excluding hydrogens is 308 g/mol. The average molecular weight is 328 g/mol. The topological polar surface area (TPSA) is 15.7 Å². The summed E-state index contributed by atoms with van der Waals surface area (Å²) in [6, 6.07) is 29.1. The third kappa shape index (κ3) is 2.96. The Balaban J connectivity index is 1.78. The van der Waals surface area contributed by atoms with Gasteiger partial charge in [0.25, 0.3) is 0 Å². The summed E-state index contributed by atoms with van der Waals surface area (Å²) in [4.78, 5) is 4.55. The van der Waals surface area contributed by atoms with Crippen LogP contribution in [0.4, 0.5) is 11.4 Å². The summed E-state index contributed by atoms with van der Waals surface area (Å²) in [6.45, 7) is 0.745. The van der Waals surface area contributed by atoms with Crippen LogP contribution in [0.5, 0.6) is 5.75 Å². The molecule has 0 atom stereocenters. The summed E-state index contributed by atoms with van der Waals surface area (Å²) in [5, 5.41) is 0. The van der Waals surface area contributed by atoms with Crippen LogP contribution in [0.2, 0.25) is 0 Å². The van der Waals surface area contributed by atoms with Crippen molar-refractivity contribution in [1.82, 2.24) is 0 Å². The lowest BCUT2D eigenvalue weighted by Crippen LogP contribution is -2.26. The number of para-hydroxylation sites is 3. The Labute approximate surface area is 148 Å². The summed E-state index contributed by atoms with van der Waals surface area (Å²) < 4.78 is 5.55. The molecule has 3 aromatic carbocycles. The standard InChI is InChI=1S/C22H20N2O/c1-25-22-15-9-8-14-20(22)23-16-21(18-10-4-2-5-11-18)24(17-23)19-12-6-3-7-13-19/h2-16H,17H2,1H3. The molecule has 0 unspecified atom stereocenters. The molecule has 1 aliphatic rings. The predicted molar refractivity (Wildman–Crippen MR) is 104 cm³/mol. The van der Waals surface area contributed by atoms with Crippen LogP contribution in [-0.2, 0) is 0 Å². The van der Waals surface area contributed by atoms with Crippen molar-refractivity contribution in [1.29, 1.82) is 0 Å². The highest BCUT2D eigenvalue weighted by Gasteiger charge is 2.25. The predicted octanol–water partition coefficient (Wildman–Crippen LogP) is 4.98. The zero-order chi connectivity index (χ0) is 17.1. The third-order valence-electron chi connectivity index (χ3n) is 4.39. The highest BCUT2D eigenvalue weighted by molar-refractivity contribution is 5.85. The minimum Gasteiger partial charge on any atom is -0.495 e. The van der Waals surface area contributed by atoms with E-state index in [4.69, 9.17) is 4.74 Å². The van der Waals surface area contributed by atoms with E-state index in [2.05, 4.69) is 70.6 Å². The highest BCUT2D eigenvalue weighted by Crippen LogP contribution is 2.37. The first kappa shape index (κ1) is 15.3. The largest absolute Gasteiger partial charge is 0.495 e. The Morgan fingerprint density at radius 1 is 0.760 bits per heavy atom. The Morgan fingerprint density at radius 2 is 1.40 bits per heavy atom. The molecule has 0 spiro atoms. The zero-order valence-corrected chi connectivity index (χ0v) is 14.2. The quantitative estimate of drug-likeness (QED) is 0.672. The van der Waals surface area contributed by atoms with Crippen molar-refractivity contribution in [2.75, 3.05) is 23.6 Å². The number of nitrogens with zero attached hydrogens (tertiary/aromatic N) is 2. The molecule has 1 heterocycles. The number of methoxy groups -OCH3 is 1. The molecule has 1 aliphatic heterocycles. The van der Waals surface area contributed by atoms with Gasteiger partial charge in [0.2, 0.25) is 0 Å². The van der Waals surface area contributed by atoms with Gasteiger partial charge >= 0.3 is 0 Å². The molecule has 0 aromatic heterocycles. The molecule has 25 heavy (non-hydrogen) atoms. The fourth-order valence-electron chi connectivity index (χ4n) is 3.17. The van der Waals surface area contributed by atoms with Crippen LogP contribution in [-0.4, -0.2) is 13.8 Å². The third-order valence-corrected chi connectivity index (χ3v) is 4.39. The van der Waals surface area contributed by atoms with Crippen LogP contribution in [0.15, 0.2) is 91.1 Å². The van der Waals surface area contributed by atoms with E-state index in [1.54, 1.807) is 7.11 Å². The minimum absolute atomic E-state index is 0.745. The van der Waals surface area contributed by atoms with E-state index < -0.39 is 0 Å². The lowest BCUT2D eigenvalue weighted by Gasteiger charge is -2.25. The zero-order valence-electron chi connectivity index (χ0n) is 14.2. The lowest BCUT2D eigenvalue weighted by atomic mass is 10.1. The molecule has 3 nitrogen and oxygen atoms in total. The maximum absolute atomic E-state index is 5.55. The molecular formula is C22H20N2O. The van der Waals surface area contributed by atoms with Gasteiger partial charge in [0, 0.05) is 11.9 Å². The molecule has 0 radical (unpaired) electrons. The van der Waals surface area contributed by atoms with Crippen LogP contribution in [0, 0.1) is 0 Å². The Hall–Kier alpha value is -3.20. The van der Waals surface area contributed by atoms with E-state index >= 15 is 0 Å². The molecule has 3 heteroatoms. The Kier molecular flexibility index (Phi) is 4.13. The van der Waals surface area contributed by atoms with Crippen molar-refractivity contribution < 1.29 is 4.74 Å². The number of anilines is 2. The summed E-state index contributed by atoms with van der Waals surface area (Å²) in [5.41, 5.74) is 4.62. The maximum Gasteiger partial charge on any atom is 0.142 e. The first-order valence-corrected chi connectivity index (χ1v) is 8.36. The highest BCUT2D eigenvalue weighted by atomic mass is 16.5. The monoisotopic (exact) mass is 328 g/mol. The van der Waals surface area contributed by atoms with Crippen molar-refractivity contribution in [3.05, 3.63) is 96.7 Å². The van der Waals surface area contributed by atoms with E-state index in [0.717, 1.165) is 18.1 Å². The number of rotatable bonds is 4. The van der Waals surface area contributed by atoms with Gasteiger partial charge in [-0.05, 0) is 29.8 Å². The van der Waals surface area contributed by atoms with Gasteiger partial charge in [-0.3, -0.25) is 0 Å².